The number of amides is 2. The van der Waals surface area contributed by atoms with E-state index in [9.17, 15) is 19.8 Å². The van der Waals surface area contributed by atoms with Gasteiger partial charge in [-0.15, -0.1) is 0 Å². The summed E-state index contributed by atoms with van der Waals surface area (Å²) in [6, 6.07) is 8.18. The highest BCUT2D eigenvalue weighted by atomic mass is 127. The summed E-state index contributed by atoms with van der Waals surface area (Å²) in [5, 5.41) is 21.9. The SMILES string of the molecule is CC1(I)CC[C@@]2(O)C3CCC(O)N3C(=O)[C@H](Cc3ccccc3)N2C1=O. The van der Waals surface area contributed by atoms with Crippen molar-refractivity contribution in [3.8, 4) is 0 Å². The highest BCUT2D eigenvalue weighted by Gasteiger charge is 2.64. The monoisotopic (exact) mass is 470 g/mol. The van der Waals surface area contributed by atoms with Gasteiger partial charge in [-0.1, -0.05) is 52.9 Å². The van der Waals surface area contributed by atoms with Crippen molar-refractivity contribution in [3.05, 3.63) is 35.9 Å². The first-order valence-corrected chi connectivity index (χ1v) is 10.1. The molecule has 3 unspecified atom stereocenters. The fourth-order valence-corrected chi connectivity index (χ4v) is 5.19. The van der Waals surface area contributed by atoms with Crippen molar-refractivity contribution in [1.82, 2.24) is 9.80 Å². The molecule has 26 heavy (non-hydrogen) atoms. The minimum atomic E-state index is -1.41. The third-order valence-corrected chi connectivity index (χ3v) is 7.06. The number of carbonyl (C=O) groups is 2. The summed E-state index contributed by atoms with van der Waals surface area (Å²) in [7, 11) is 0. The molecule has 6 nitrogen and oxygen atoms in total. The molecule has 5 atom stereocenters. The van der Waals surface area contributed by atoms with Crippen molar-refractivity contribution in [1.29, 1.82) is 0 Å². The topological polar surface area (TPSA) is 81.1 Å². The molecule has 3 fully saturated rings. The van der Waals surface area contributed by atoms with E-state index in [1.165, 1.54) is 9.80 Å². The van der Waals surface area contributed by atoms with Gasteiger partial charge in [0.1, 0.15) is 12.3 Å². The molecule has 0 aromatic heterocycles. The Morgan fingerprint density at radius 3 is 2.58 bits per heavy atom. The number of benzene rings is 1. The maximum Gasteiger partial charge on any atom is 0.248 e. The van der Waals surface area contributed by atoms with Gasteiger partial charge in [0.2, 0.25) is 11.8 Å². The first-order chi connectivity index (χ1) is 12.3. The number of fused-ring (bicyclic) bond motifs is 3. The predicted octanol–water partition coefficient (Wildman–Crippen LogP) is 1.43. The zero-order valence-electron chi connectivity index (χ0n) is 14.6. The van der Waals surface area contributed by atoms with Gasteiger partial charge in [-0.25, -0.2) is 0 Å². The van der Waals surface area contributed by atoms with E-state index in [2.05, 4.69) is 22.6 Å². The van der Waals surface area contributed by atoms with Gasteiger partial charge in [0.25, 0.3) is 0 Å². The van der Waals surface area contributed by atoms with Crippen molar-refractivity contribution in [2.24, 2.45) is 0 Å². The second-order valence-electron chi connectivity index (χ2n) is 7.78. The van der Waals surface area contributed by atoms with Crippen molar-refractivity contribution in [2.75, 3.05) is 0 Å². The van der Waals surface area contributed by atoms with E-state index in [1.807, 2.05) is 37.3 Å². The lowest BCUT2D eigenvalue weighted by atomic mass is 9.80. The molecule has 0 spiro atoms. The molecule has 0 saturated carbocycles. The van der Waals surface area contributed by atoms with E-state index in [0.29, 0.717) is 32.1 Å². The van der Waals surface area contributed by atoms with Crippen LogP contribution in [0.1, 0.15) is 38.2 Å². The number of hydrogen-bond acceptors (Lipinski definition) is 4. The van der Waals surface area contributed by atoms with Crippen LogP contribution in [0.4, 0.5) is 0 Å². The fourth-order valence-electron chi connectivity index (χ4n) is 4.66. The lowest BCUT2D eigenvalue weighted by Crippen LogP contribution is -2.78. The van der Waals surface area contributed by atoms with E-state index in [1.54, 1.807) is 0 Å². The zero-order valence-corrected chi connectivity index (χ0v) is 16.8. The fraction of sp³-hybridized carbons (Fsp3) is 0.579. The number of aliphatic hydroxyl groups excluding tert-OH is 1. The number of nitrogens with zero attached hydrogens (tertiary/aromatic N) is 2. The standard InChI is InChI=1S/C19H23IN2O4/c1-18(20)9-10-19(26)14-7-8-15(23)21(14)16(24)13(22(19)17(18)25)11-12-5-3-2-4-6-12/h2-6,13-15,23,26H,7-11H2,1H3/t13-,14?,15?,18?,19+/m0/s1. The van der Waals surface area contributed by atoms with E-state index >= 15 is 0 Å². The first-order valence-electron chi connectivity index (χ1n) is 9.05. The molecule has 2 amide bonds. The Hall–Kier alpha value is -1.19. The second-order valence-corrected chi connectivity index (χ2v) is 10.2. The van der Waals surface area contributed by atoms with Gasteiger partial charge >= 0.3 is 0 Å². The Labute approximate surface area is 166 Å². The minimum absolute atomic E-state index is 0.192. The number of rotatable bonds is 2. The maximum absolute atomic E-state index is 13.2. The molecule has 3 heterocycles. The summed E-state index contributed by atoms with van der Waals surface area (Å²) >= 11 is 2.13. The summed E-state index contributed by atoms with van der Waals surface area (Å²) in [5.74, 6) is -0.460. The van der Waals surface area contributed by atoms with Crippen molar-refractivity contribution >= 4 is 34.4 Å². The molecule has 3 saturated heterocycles. The number of piperidine rings is 1. The zero-order chi connectivity index (χ0) is 18.7. The molecular formula is C19H23IN2O4. The van der Waals surface area contributed by atoms with Gasteiger partial charge in [0.05, 0.1) is 9.46 Å². The summed E-state index contributed by atoms with van der Waals surface area (Å²) in [4.78, 5) is 29.3. The van der Waals surface area contributed by atoms with Crippen LogP contribution in [-0.4, -0.2) is 59.3 Å². The van der Waals surface area contributed by atoms with Crippen LogP contribution < -0.4 is 0 Å². The Bertz CT molecular complexity index is 740. The average Bonchev–Trinajstić information content (AvgIpc) is 3.00. The highest BCUT2D eigenvalue weighted by Crippen LogP contribution is 2.48. The largest absolute Gasteiger partial charge is 0.374 e. The van der Waals surface area contributed by atoms with Crippen molar-refractivity contribution < 1.29 is 19.8 Å². The first kappa shape index (κ1) is 18.2. The molecule has 0 radical (unpaired) electrons. The molecule has 2 N–H and O–H groups in total. The van der Waals surface area contributed by atoms with E-state index in [-0.39, 0.29) is 11.8 Å². The third kappa shape index (κ3) is 2.58. The molecule has 0 bridgehead atoms. The Balaban J connectivity index is 1.79. The summed E-state index contributed by atoms with van der Waals surface area (Å²) in [6.45, 7) is 1.86. The van der Waals surface area contributed by atoms with E-state index < -0.39 is 27.5 Å². The van der Waals surface area contributed by atoms with Crippen molar-refractivity contribution in [3.63, 3.8) is 0 Å². The molecule has 7 heteroatoms. The summed E-state index contributed by atoms with van der Waals surface area (Å²) in [6.07, 6.45) is 1.33. The van der Waals surface area contributed by atoms with Crippen LogP contribution >= 0.6 is 22.6 Å². The van der Waals surface area contributed by atoms with E-state index in [0.717, 1.165) is 5.56 Å². The molecule has 3 aliphatic rings. The van der Waals surface area contributed by atoms with Crippen LogP contribution in [0.3, 0.4) is 0 Å². The van der Waals surface area contributed by atoms with Crippen LogP contribution in [0.15, 0.2) is 30.3 Å². The average molecular weight is 470 g/mol. The predicted molar refractivity (Wildman–Crippen MR) is 103 cm³/mol. The normalized spacial score (nSPS) is 39.8. The van der Waals surface area contributed by atoms with Crippen LogP contribution in [-0.2, 0) is 16.0 Å². The van der Waals surface area contributed by atoms with Gasteiger partial charge in [-0.05, 0) is 38.2 Å². The molecule has 4 rings (SSSR count). The Kier molecular flexibility index (Phi) is 4.32. The quantitative estimate of drug-likeness (QED) is 0.507. The number of alkyl halides is 1. The molecule has 1 aromatic rings. The summed E-state index contributed by atoms with van der Waals surface area (Å²) in [5.41, 5.74) is -0.485. The number of piperazine rings is 1. The number of halogens is 1. The molecule has 3 aliphatic heterocycles. The Morgan fingerprint density at radius 2 is 1.88 bits per heavy atom. The molecular weight excluding hydrogens is 447 g/mol. The second kappa shape index (κ2) is 6.17. The van der Waals surface area contributed by atoms with Crippen LogP contribution in [0.5, 0.6) is 0 Å². The number of hydrogen-bond donors (Lipinski definition) is 2. The lowest BCUT2D eigenvalue weighted by Gasteiger charge is -2.58. The van der Waals surface area contributed by atoms with Crippen LogP contribution in [0, 0.1) is 0 Å². The Morgan fingerprint density at radius 1 is 1.19 bits per heavy atom. The smallest absolute Gasteiger partial charge is 0.248 e. The number of aliphatic hydroxyl groups is 2. The third-order valence-electron chi connectivity index (χ3n) is 6.06. The van der Waals surface area contributed by atoms with Gasteiger partial charge < -0.3 is 15.1 Å². The van der Waals surface area contributed by atoms with Crippen LogP contribution in [0.25, 0.3) is 0 Å². The van der Waals surface area contributed by atoms with Gasteiger partial charge in [0, 0.05) is 6.42 Å². The van der Waals surface area contributed by atoms with Crippen LogP contribution in [0.2, 0.25) is 0 Å². The summed E-state index contributed by atoms with van der Waals surface area (Å²) < 4.78 is -0.640. The molecule has 140 valence electrons. The van der Waals surface area contributed by atoms with Gasteiger partial charge in [0.15, 0.2) is 5.72 Å². The maximum atomic E-state index is 13.2. The highest BCUT2D eigenvalue weighted by molar-refractivity contribution is 14.1. The van der Waals surface area contributed by atoms with Gasteiger partial charge in [-0.3, -0.25) is 14.5 Å². The van der Waals surface area contributed by atoms with Gasteiger partial charge in [-0.2, -0.15) is 0 Å². The molecule has 0 aliphatic carbocycles. The molecule has 1 aromatic carbocycles. The van der Waals surface area contributed by atoms with Crippen molar-refractivity contribution in [2.45, 2.75) is 66.5 Å². The minimum Gasteiger partial charge on any atom is -0.374 e. The lowest BCUT2D eigenvalue weighted by molar-refractivity contribution is -0.229. The van der Waals surface area contributed by atoms with E-state index in [4.69, 9.17) is 0 Å². The number of carbonyl (C=O) groups excluding carboxylic acids is 2.